The van der Waals surface area contributed by atoms with Crippen LogP contribution in [0.5, 0.6) is 0 Å². The van der Waals surface area contributed by atoms with Gasteiger partial charge >= 0.3 is 6.09 Å². The lowest BCUT2D eigenvalue weighted by atomic mass is 9.89. The SMILES string of the molecule is CC(C)(C)OC(=O)N1CC(=CC#N)C1.CC(C)CS(=O)(=O)Cl.CC(C)CS(=O)(=O)N1CC(=CC#N)C1.CC(C)CS(=O)(=O)N1CC(CC#N)(n2cc(-c3ccnc4[nH]ccc34)cn2)C1.CC(C)CS(=O)(=O)N1CC(CC#N)(n2cc(-c3ccnc4c3ccn4COCC[Si](C)(C)C)cn2)C1.C[Si](C)(C)CCOCn1ccc2c(-c3cn[nH]c3)ccnc21. The molecule has 4 aliphatic heterocycles. The molecule has 0 saturated carbocycles. The Kier molecular flexibility index (Phi) is 33.8. The van der Waals surface area contributed by atoms with Gasteiger partial charge in [-0.15, -0.1) is 0 Å². The molecule has 9 aromatic rings. The summed E-state index contributed by atoms with van der Waals surface area (Å²) in [5.41, 5.74) is 8.73. The van der Waals surface area contributed by atoms with Crippen LogP contribution < -0.4 is 0 Å². The van der Waals surface area contributed by atoms with E-state index in [-0.39, 0.29) is 91.8 Å². The summed E-state index contributed by atoms with van der Waals surface area (Å²) in [5, 5.41) is 54.6. The smallest absolute Gasteiger partial charge is 0.410 e. The van der Waals surface area contributed by atoms with Crippen molar-refractivity contribution in [3.8, 4) is 57.7 Å². The van der Waals surface area contributed by atoms with Gasteiger partial charge in [0.05, 0.1) is 78.7 Å². The molecule has 0 aromatic carbocycles. The number of nitriles is 4. The summed E-state index contributed by atoms with van der Waals surface area (Å²) in [5.74, 6) is 0.839. The minimum absolute atomic E-state index is 0.0458. The molecule has 660 valence electrons. The fourth-order valence-electron chi connectivity index (χ4n) is 13.5. The molecule has 0 radical (unpaired) electrons. The number of hydrogen-bond acceptors (Lipinski definition) is 22. The number of amides is 1. The normalized spacial score (nSPS) is 15.5. The van der Waals surface area contributed by atoms with Gasteiger partial charge in [0.1, 0.15) is 47.1 Å². The second-order valence-electron chi connectivity index (χ2n) is 36.1. The molecule has 13 rings (SSSR count). The van der Waals surface area contributed by atoms with Gasteiger partial charge in [0.15, 0.2) is 0 Å². The van der Waals surface area contributed by atoms with Crippen LogP contribution in [0.15, 0.2) is 134 Å². The van der Waals surface area contributed by atoms with Crippen LogP contribution in [0.3, 0.4) is 0 Å². The molecule has 0 unspecified atom stereocenters. The predicted octanol–water partition coefficient (Wildman–Crippen LogP) is 13.8. The number of carbonyl (C=O) groups excluding carboxylic acids is 1. The zero-order valence-corrected chi connectivity index (χ0v) is 79.0. The number of aromatic nitrogens is 12. The van der Waals surface area contributed by atoms with Crippen LogP contribution in [0.4, 0.5) is 4.79 Å². The van der Waals surface area contributed by atoms with E-state index in [1.165, 1.54) is 31.1 Å². The van der Waals surface area contributed by atoms with Crippen LogP contribution >= 0.6 is 10.7 Å². The zero-order chi connectivity index (χ0) is 90.0. The van der Waals surface area contributed by atoms with Crippen LogP contribution in [-0.4, -0.2) is 227 Å². The topological polar surface area (TPSA) is 418 Å². The lowest BCUT2D eigenvalue weighted by Crippen LogP contribution is -2.64. The Labute approximate surface area is 725 Å². The molecule has 0 aliphatic carbocycles. The highest BCUT2D eigenvalue weighted by atomic mass is 35.7. The first-order valence-corrected chi connectivity index (χ1v) is 55.1. The van der Waals surface area contributed by atoms with Gasteiger partial charge in [0.2, 0.25) is 39.1 Å². The molecule has 0 atom stereocenters. The van der Waals surface area contributed by atoms with Gasteiger partial charge in [-0.3, -0.25) is 14.5 Å². The summed E-state index contributed by atoms with van der Waals surface area (Å²) in [6.45, 7) is 39.9. The third-order valence-electron chi connectivity index (χ3n) is 19.6. The number of fused-ring (bicyclic) bond motifs is 3. The van der Waals surface area contributed by atoms with Crippen molar-refractivity contribution in [1.29, 1.82) is 21.0 Å². The van der Waals surface area contributed by atoms with E-state index in [4.69, 9.17) is 35.4 Å². The number of H-pyrrole nitrogens is 2. The van der Waals surface area contributed by atoms with E-state index in [1.807, 2.05) is 159 Å². The fourth-order valence-corrected chi connectivity index (χ4v) is 22.2. The molecule has 2 N–H and O–H groups in total. The van der Waals surface area contributed by atoms with E-state index in [1.54, 1.807) is 52.9 Å². The van der Waals surface area contributed by atoms with Crippen LogP contribution in [0.25, 0.3) is 66.5 Å². The number of rotatable bonds is 28. The Morgan fingerprint density at radius 3 is 1.34 bits per heavy atom. The van der Waals surface area contributed by atoms with Gasteiger partial charge in [-0.05, 0) is 121 Å². The monoisotopic (exact) mass is 1800 g/mol. The zero-order valence-electron chi connectivity index (χ0n) is 73.0. The summed E-state index contributed by atoms with van der Waals surface area (Å²) >= 11 is 0. The van der Waals surface area contributed by atoms with E-state index < -0.39 is 71.9 Å². The van der Waals surface area contributed by atoms with Gasteiger partial charge in [-0.25, -0.2) is 53.4 Å². The van der Waals surface area contributed by atoms with Crippen molar-refractivity contribution in [2.24, 2.45) is 23.7 Å². The summed E-state index contributed by atoms with van der Waals surface area (Å²) in [6, 6.07) is 22.5. The van der Waals surface area contributed by atoms with Crippen LogP contribution in [0.1, 0.15) is 89.0 Å². The van der Waals surface area contributed by atoms with Crippen molar-refractivity contribution in [1.82, 2.24) is 76.6 Å². The molecule has 1 amide bonds. The minimum Gasteiger partial charge on any atom is -0.444 e. The lowest BCUT2D eigenvalue weighted by Gasteiger charge is -2.48. The number of likely N-dealkylation sites (tertiary alicyclic amines) is 1. The Bertz CT molecular complexity index is 5740. The van der Waals surface area contributed by atoms with Crippen LogP contribution in [0.2, 0.25) is 51.4 Å². The second kappa shape index (κ2) is 41.9. The van der Waals surface area contributed by atoms with Gasteiger partial charge in [-0.2, -0.15) is 49.3 Å². The molecular weight excluding hydrogens is 1690 g/mol. The number of pyridine rings is 3. The average Bonchev–Trinajstić information content (AvgIpc) is 1.42. The van der Waals surface area contributed by atoms with E-state index in [2.05, 4.69) is 102 Å². The molecular formula is C83H117ClN20O12S4Si2. The quantitative estimate of drug-likeness (QED) is 0.0199. The largest absolute Gasteiger partial charge is 0.444 e. The first-order chi connectivity index (χ1) is 57.1. The number of aromatic amines is 2. The molecule has 4 saturated heterocycles. The average molecular weight is 1810 g/mol. The summed E-state index contributed by atoms with van der Waals surface area (Å²) < 4.78 is 123. The Hall–Kier alpha value is -9.27. The van der Waals surface area contributed by atoms with Crippen molar-refractivity contribution in [2.45, 2.75) is 171 Å². The molecule has 32 nitrogen and oxygen atoms in total. The maximum Gasteiger partial charge on any atom is 0.410 e. The number of nitrogens with zero attached hydrogens (tertiary/aromatic N) is 18. The number of allylic oxidation sites excluding steroid dienone is 2. The lowest BCUT2D eigenvalue weighted by molar-refractivity contribution is 0.0214. The predicted molar refractivity (Wildman–Crippen MR) is 480 cm³/mol. The molecule has 4 fully saturated rings. The van der Waals surface area contributed by atoms with Crippen molar-refractivity contribution >= 4 is 105 Å². The van der Waals surface area contributed by atoms with Gasteiger partial charge < -0.3 is 33.2 Å². The Morgan fingerprint density at radius 2 is 0.967 bits per heavy atom. The molecule has 122 heavy (non-hydrogen) atoms. The first kappa shape index (κ1) is 98.2. The highest BCUT2D eigenvalue weighted by molar-refractivity contribution is 8.13. The van der Waals surface area contributed by atoms with Crippen LogP contribution in [0, 0.1) is 69.0 Å². The maximum atomic E-state index is 12.7. The number of nitrogens with one attached hydrogen (secondary N) is 2. The summed E-state index contributed by atoms with van der Waals surface area (Å²) in [7, 11) is -10.3. The van der Waals surface area contributed by atoms with Crippen molar-refractivity contribution in [3.05, 3.63) is 134 Å². The van der Waals surface area contributed by atoms with Gasteiger partial charge in [0.25, 0.3) is 0 Å². The molecule has 0 spiro atoms. The van der Waals surface area contributed by atoms with Crippen LogP contribution in [-0.2, 0) is 77.9 Å². The van der Waals surface area contributed by atoms with Crippen molar-refractivity contribution < 1.29 is 52.7 Å². The van der Waals surface area contributed by atoms with Crippen molar-refractivity contribution in [3.63, 3.8) is 0 Å². The van der Waals surface area contributed by atoms with Gasteiger partial charge in [0, 0.05) is 193 Å². The number of halogens is 1. The van der Waals surface area contributed by atoms with Crippen molar-refractivity contribution in [2.75, 3.05) is 88.6 Å². The van der Waals surface area contributed by atoms with E-state index in [0.29, 0.717) is 39.6 Å². The van der Waals surface area contributed by atoms with E-state index in [0.717, 1.165) is 96.9 Å². The number of ether oxygens (including phenoxy) is 3. The number of carbonyl (C=O) groups is 1. The molecule has 4 aliphatic rings. The van der Waals surface area contributed by atoms with E-state index in [9.17, 15) is 49.0 Å². The molecule has 9 aromatic heterocycles. The Morgan fingerprint density at radius 1 is 0.557 bits per heavy atom. The Balaban J connectivity index is 0.000000193. The third-order valence-corrected chi connectivity index (χ3v) is 30.8. The number of hydrogen-bond donors (Lipinski definition) is 2. The maximum absolute atomic E-state index is 12.7. The standard InChI is InChI=1S/C25H36N6O3SSi.C19H22N6O2S.C16H22N4OSi.C10H14N2O2.C9H14N2O2S.C4H9ClO2S/c1-20(2)16-35(32,33)30-17-25(18-30,8-9-26)31-15-21(14-28-31)22-6-10-27-24-23(22)7-11-29(24)19-34-12-13-36(3,4)5;1-14(2)11-28(26,27)24-12-19(13-24,5-6-20)25-10-15(9-23-25)16-3-7-21-18-17(16)4-8-22-18;1-22(2,3)9-8-21-12-20-7-5-15-14(4-6-17-16(15)20)13-10-18-19-11-13;1-10(2,3)14-9(13)12-6-8(7-12)4-5-11;1-8(2)7-14(12,13)11-5-9(6-11)3-4-10;1-4(2)3-8(5,6)7/h6-7,10-11,14-15,20H,8,12-13,16-19H2,1-5H3;3-4,7-10,14H,5,11-13H2,1-2H3,(H,21,22);4-7,10-11H,8-9,12H2,1-3H3,(H,18,19);4H,6-7H2,1-3H3;3,8H,5-7H2,1-2H3;4H,3H2,1-2H3. The summed E-state index contributed by atoms with van der Waals surface area (Å²) in [4.78, 5) is 29.4. The minimum atomic E-state index is -3.35. The second-order valence-corrected chi connectivity index (χ2v) is 56.2. The van der Waals surface area contributed by atoms with Gasteiger partial charge in [-0.1, -0.05) is 94.7 Å². The highest BCUT2D eigenvalue weighted by Crippen LogP contribution is 2.40. The molecule has 13 heterocycles. The highest BCUT2D eigenvalue weighted by Gasteiger charge is 2.52. The third kappa shape index (κ3) is 27.9. The molecule has 0 bridgehead atoms. The first-order valence-electron chi connectivity index (χ1n) is 40.4. The van der Waals surface area contributed by atoms with E-state index >= 15 is 0 Å². The number of sulfonamides is 3. The summed E-state index contributed by atoms with van der Waals surface area (Å²) in [6.07, 6.45) is 25.3. The fraction of sp³-hybridized carbons (Fsp3) is 0.530. The molecule has 39 heteroatoms.